The van der Waals surface area contributed by atoms with Crippen LogP contribution in [0.4, 0.5) is 0 Å². The predicted molar refractivity (Wildman–Crippen MR) is 229 cm³/mol. The number of carbonyl (C=O) groups is 3. The van der Waals surface area contributed by atoms with Gasteiger partial charge >= 0.3 is 17.9 Å². The van der Waals surface area contributed by atoms with Gasteiger partial charge in [0, 0.05) is 19.3 Å². The van der Waals surface area contributed by atoms with E-state index >= 15 is 0 Å². The summed E-state index contributed by atoms with van der Waals surface area (Å²) in [4.78, 5) is 37.7. The molecule has 1 atom stereocenters. The van der Waals surface area contributed by atoms with E-state index in [4.69, 9.17) is 14.2 Å². The van der Waals surface area contributed by atoms with Gasteiger partial charge in [-0.2, -0.15) is 0 Å². The van der Waals surface area contributed by atoms with Crippen molar-refractivity contribution in [3.63, 3.8) is 0 Å². The third-order valence-corrected chi connectivity index (χ3v) is 10.8. The van der Waals surface area contributed by atoms with Gasteiger partial charge in [0.1, 0.15) is 13.2 Å². The highest BCUT2D eigenvalue weighted by Gasteiger charge is 2.19. The largest absolute Gasteiger partial charge is 0.462 e. The molecule has 0 aliphatic rings. The average Bonchev–Trinajstić information content (AvgIpc) is 3.15. The Balaban J connectivity index is 4.31. The first-order chi connectivity index (χ1) is 26.4. The Kier molecular flexibility index (Phi) is 41.3. The van der Waals surface area contributed by atoms with Crippen LogP contribution in [0.25, 0.3) is 0 Å². The van der Waals surface area contributed by atoms with E-state index in [1.807, 2.05) is 0 Å². The Hall–Kier alpha value is -1.59. The minimum absolute atomic E-state index is 0.0639. The van der Waals surface area contributed by atoms with E-state index in [0.717, 1.165) is 63.7 Å². The molecule has 0 unspecified atom stereocenters. The molecule has 0 heterocycles. The number of rotatable bonds is 43. The molecule has 0 N–H and O–H groups in total. The third kappa shape index (κ3) is 41.6. The van der Waals surface area contributed by atoms with Gasteiger partial charge in [-0.05, 0) is 25.2 Å². The average molecular weight is 765 g/mol. The van der Waals surface area contributed by atoms with Gasteiger partial charge in [-0.3, -0.25) is 14.4 Å². The summed E-state index contributed by atoms with van der Waals surface area (Å²) in [6, 6.07) is 0. The van der Waals surface area contributed by atoms with Crippen LogP contribution in [-0.2, 0) is 28.6 Å². The van der Waals surface area contributed by atoms with Gasteiger partial charge in [-0.1, -0.05) is 227 Å². The van der Waals surface area contributed by atoms with Crippen molar-refractivity contribution in [1.82, 2.24) is 0 Å². The lowest BCUT2D eigenvalue weighted by Crippen LogP contribution is -2.30. The monoisotopic (exact) mass is 765 g/mol. The lowest BCUT2D eigenvalue weighted by Gasteiger charge is -2.18. The van der Waals surface area contributed by atoms with E-state index in [0.29, 0.717) is 19.3 Å². The van der Waals surface area contributed by atoms with E-state index in [1.165, 1.54) is 161 Å². The highest BCUT2D eigenvalue weighted by atomic mass is 16.6. The molecule has 0 bridgehead atoms. The Morgan fingerprint density at radius 3 is 0.907 bits per heavy atom. The van der Waals surface area contributed by atoms with Gasteiger partial charge in [0.2, 0.25) is 0 Å². The van der Waals surface area contributed by atoms with Crippen molar-refractivity contribution in [1.29, 1.82) is 0 Å². The number of esters is 3. The summed E-state index contributed by atoms with van der Waals surface area (Å²) in [5, 5.41) is 0. The van der Waals surface area contributed by atoms with Crippen molar-refractivity contribution in [2.24, 2.45) is 5.92 Å². The van der Waals surface area contributed by atoms with Crippen molar-refractivity contribution < 1.29 is 28.6 Å². The Morgan fingerprint density at radius 1 is 0.352 bits per heavy atom. The molecule has 0 spiro atoms. The summed E-state index contributed by atoms with van der Waals surface area (Å²) in [5.74, 6) is -0.0719. The van der Waals surface area contributed by atoms with Crippen LogP contribution in [0.15, 0.2) is 0 Å². The lowest BCUT2D eigenvalue weighted by molar-refractivity contribution is -0.167. The molecule has 0 fully saturated rings. The van der Waals surface area contributed by atoms with Crippen LogP contribution in [0.2, 0.25) is 0 Å². The highest BCUT2D eigenvalue weighted by molar-refractivity contribution is 5.71. The Labute approximate surface area is 336 Å². The van der Waals surface area contributed by atoms with Crippen molar-refractivity contribution in [3.05, 3.63) is 0 Å². The molecule has 6 heteroatoms. The maximum atomic E-state index is 12.7. The molecular weight excluding hydrogens is 673 g/mol. The van der Waals surface area contributed by atoms with E-state index in [-0.39, 0.29) is 31.1 Å². The summed E-state index contributed by atoms with van der Waals surface area (Å²) in [5.41, 5.74) is 0. The fraction of sp³-hybridized carbons (Fsp3) is 0.938. The van der Waals surface area contributed by atoms with Crippen LogP contribution in [-0.4, -0.2) is 37.2 Å². The first-order valence-corrected chi connectivity index (χ1v) is 23.9. The lowest BCUT2D eigenvalue weighted by atomic mass is 10.0. The highest BCUT2D eigenvalue weighted by Crippen LogP contribution is 2.16. The third-order valence-electron chi connectivity index (χ3n) is 10.8. The molecule has 54 heavy (non-hydrogen) atoms. The second-order valence-corrected chi connectivity index (χ2v) is 16.9. The van der Waals surface area contributed by atoms with Gasteiger partial charge in [0.15, 0.2) is 6.10 Å². The molecule has 0 rings (SSSR count). The molecule has 0 radical (unpaired) electrons. The van der Waals surface area contributed by atoms with Crippen molar-refractivity contribution in [3.8, 4) is 0 Å². The van der Waals surface area contributed by atoms with E-state index in [2.05, 4.69) is 27.7 Å². The summed E-state index contributed by atoms with van der Waals surface area (Å²) in [6.07, 6.45) is 42.3. The topological polar surface area (TPSA) is 78.9 Å². The number of ether oxygens (including phenoxy) is 3. The molecule has 0 saturated carbocycles. The maximum Gasteiger partial charge on any atom is 0.306 e. The second-order valence-electron chi connectivity index (χ2n) is 16.9. The normalized spacial score (nSPS) is 11.9. The Morgan fingerprint density at radius 2 is 0.611 bits per heavy atom. The van der Waals surface area contributed by atoms with Gasteiger partial charge in [0.05, 0.1) is 0 Å². The number of carbonyl (C=O) groups excluding carboxylic acids is 3. The predicted octanol–water partition coefficient (Wildman–Crippen LogP) is 15.1. The zero-order chi connectivity index (χ0) is 39.6. The first kappa shape index (κ1) is 52.4. The van der Waals surface area contributed by atoms with Crippen molar-refractivity contribution >= 4 is 17.9 Å². The first-order valence-electron chi connectivity index (χ1n) is 23.9. The van der Waals surface area contributed by atoms with E-state index in [9.17, 15) is 14.4 Å². The van der Waals surface area contributed by atoms with Crippen LogP contribution in [0, 0.1) is 5.92 Å². The Bertz CT molecular complexity index is 811. The zero-order valence-corrected chi connectivity index (χ0v) is 36.7. The van der Waals surface area contributed by atoms with Gasteiger partial charge < -0.3 is 14.2 Å². The molecule has 0 aromatic rings. The van der Waals surface area contributed by atoms with Crippen molar-refractivity contribution in [2.45, 2.75) is 271 Å². The SMILES string of the molecule is CCCCCCCCCCCCCCCCCC(=O)O[C@@H](COC(=O)CCCCCCCCCCCCC)COC(=O)CCCCCCCCCC(C)C. The van der Waals surface area contributed by atoms with Crippen LogP contribution >= 0.6 is 0 Å². The smallest absolute Gasteiger partial charge is 0.306 e. The molecule has 0 aromatic carbocycles. The fourth-order valence-corrected chi connectivity index (χ4v) is 7.16. The van der Waals surface area contributed by atoms with Crippen LogP contribution in [0.3, 0.4) is 0 Å². The van der Waals surface area contributed by atoms with Crippen LogP contribution in [0.5, 0.6) is 0 Å². The standard InChI is InChI=1S/C48H92O6/c1-5-7-9-11-13-15-17-18-19-20-22-24-28-33-37-41-48(51)54-45(43-53-47(50)40-36-32-29-25-26-30-34-38-44(3)4)42-52-46(49)39-35-31-27-23-21-16-14-12-10-8-6-2/h44-45H,5-43H2,1-4H3/t45-/m0/s1. The van der Waals surface area contributed by atoms with Crippen molar-refractivity contribution in [2.75, 3.05) is 13.2 Å². The second kappa shape index (κ2) is 42.6. The molecule has 0 aliphatic heterocycles. The summed E-state index contributed by atoms with van der Waals surface area (Å²) >= 11 is 0. The van der Waals surface area contributed by atoms with E-state index < -0.39 is 6.10 Å². The van der Waals surface area contributed by atoms with E-state index in [1.54, 1.807) is 0 Å². The molecule has 0 amide bonds. The summed E-state index contributed by atoms with van der Waals surface area (Å²) in [6.45, 7) is 8.95. The number of hydrogen-bond donors (Lipinski definition) is 0. The quantitative estimate of drug-likeness (QED) is 0.0349. The molecular formula is C48H92O6. The van der Waals surface area contributed by atoms with Crippen LogP contribution < -0.4 is 0 Å². The van der Waals surface area contributed by atoms with Crippen LogP contribution in [0.1, 0.15) is 265 Å². The molecule has 0 saturated heterocycles. The molecule has 320 valence electrons. The van der Waals surface area contributed by atoms with Gasteiger partial charge in [0.25, 0.3) is 0 Å². The van der Waals surface area contributed by atoms with Gasteiger partial charge in [-0.15, -0.1) is 0 Å². The molecule has 0 aromatic heterocycles. The van der Waals surface area contributed by atoms with Gasteiger partial charge in [-0.25, -0.2) is 0 Å². The minimum Gasteiger partial charge on any atom is -0.462 e. The fourth-order valence-electron chi connectivity index (χ4n) is 7.16. The molecule has 0 aliphatic carbocycles. The minimum atomic E-state index is -0.759. The zero-order valence-electron chi connectivity index (χ0n) is 36.7. The molecule has 6 nitrogen and oxygen atoms in total. The summed E-state index contributed by atoms with van der Waals surface area (Å²) < 4.78 is 16.7. The number of hydrogen-bond acceptors (Lipinski definition) is 6. The summed E-state index contributed by atoms with van der Waals surface area (Å²) in [7, 11) is 0. The number of unbranched alkanes of at least 4 members (excludes halogenated alkanes) is 30. The maximum absolute atomic E-state index is 12.7.